The minimum absolute atomic E-state index is 0.171. The highest BCUT2D eigenvalue weighted by Gasteiger charge is 2.22. The monoisotopic (exact) mass is 452 g/mol. The molecule has 0 aliphatic carbocycles. The van der Waals surface area contributed by atoms with Gasteiger partial charge in [0, 0.05) is 5.39 Å². The van der Waals surface area contributed by atoms with Crippen molar-refractivity contribution in [1.29, 1.82) is 0 Å². The van der Waals surface area contributed by atoms with Crippen LogP contribution >= 0.6 is 0 Å². The first kappa shape index (κ1) is 23.1. The van der Waals surface area contributed by atoms with Crippen LogP contribution in [0.3, 0.4) is 0 Å². The van der Waals surface area contributed by atoms with Gasteiger partial charge in [-0.15, -0.1) is 0 Å². The fraction of sp³-hybridized carbons (Fsp3) is 0.172. The first-order valence-electron chi connectivity index (χ1n) is 11.5. The maximum Gasteiger partial charge on any atom is 0.265 e. The average molecular weight is 453 g/mol. The summed E-state index contributed by atoms with van der Waals surface area (Å²) in [6.45, 7) is 3.83. The van der Waals surface area contributed by atoms with E-state index in [9.17, 15) is 9.59 Å². The van der Waals surface area contributed by atoms with E-state index in [-0.39, 0.29) is 17.9 Å². The minimum Gasteiger partial charge on any atom is -0.480 e. The molecular formula is C29H28N2O3. The molecule has 4 aromatic rings. The molecule has 5 nitrogen and oxygen atoms in total. The SMILES string of the molecule is CC[C@@H](Oc1cccc2ccccc12)C(=O)Nc1ccccc1C(=O)N[C@H](C)c1ccccc1. The van der Waals surface area contributed by atoms with Crippen molar-refractivity contribution in [3.63, 3.8) is 0 Å². The highest BCUT2D eigenvalue weighted by Crippen LogP contribution is 2.27. The molecule has 0 aromatic heterocycles. The predicted octanol–water partition coefficient (Wildman–Crippen LogP) is 6.13. The van der Waals surface area contributed by atoms with Crippen molar-refractivity contribution in [2.45, 2.75) is 32.4 Å². The number of carbonyl (C=O) groups excluding carboxylic acids is 2. The Morgan fingerprint density at radius 1 is 0.824 bits per heavy atom. The Hall–Kier alpha value is -4.12. The van der Waals surface area contributed by atoms with Crippen molar-refractivity contribution in [3.8, 4) is 5.75 Å². The molecule has 0 saturated heterocycles. The summed E-state index contributed by atoms with van der Waals surface area (Å²) in [5.41, 5.74) is 1.86. The van der Waals surface area contributed by atoms with E-state index >= 15 is 0 Å². The van der Waals surface area contributed by atoms with E-state index in [2.05, 4.69) is 10.6 Å². The standard InChI is InChI=1S/C29H28N2O3/c1-3-26(34-27-19-11-15-22-14-7-8-16-23(22)27)29(33)31-25-18-10-9-17-24(25)28(32)30-20(2)21-12-5-4-6-13-21/h4-20,26H,3H2,1-2H3,(H,30,32)(H,31,33)/t20-,26-/m1/s1. The zero-order valence-electron chi connectivity index (χ0n) is 19.3. The van der Waals surface area contributed by atoms with Crippen molar-refractivity contribution in [2.24, 2.45) is 0 Å². The molecule has 0 radical (unpaired) electrons. The van der Waals surface area contributed by atoms with Gasteiger partial charge in [0.1, 0.15) is 5.75 Å². The lowest BCUT2D eigenvalue weighted by atomic mass is 10.1. The molecule has 0 aliphatic heterocycles. The van der Waals surface area contributed by atoms with Crippen LogP contribution in [0.4, 0.5) is 5.69 Å². The molecule has 0 heterocycles. The van der Waals surface area contributed by atoms with Crippen LogP contribution in [0.15, 0.2) is 97.1 Å². The van der Waals surface area contributed by atoms with Gasteiger partial charge in [0.05, 0.1) is 17.3 Å². The number of hydrogen-bond donors (Lipinski definition) is 2. The molecule has 0 spiro atoms. The number of ether oxygens (including phenoxy) is 1. The number of amides is 2. The van der Waals surface area contributed by atoms with Crippen molar-refractivity contribution in [2.75, 3.05) is 5.32 Å². The summed E-state index contributed by atoms with van der Waals surface area (Å²) in [7, 11) is 0. The van der Waals surface area contributed by atoms with Crippen LogP contribution in [0.2, 0.25) is 0 Å². The number of fused-ring (bicyclic) bond motifs is 1. The van der Waals surface area contributed by atoms with E-state index in [4.69, 9.17) is 4.74 Å². The van der Waals surface area contributed by atoms with Crippen LogP contribution in [0.5, 0.6) is 5.75 Å². The quantitative estimate of drug-likeness (QED) is 0.338. The first-order valence-corrected chi connectivity index (χ1v) is 11.5. The van der Waals surface area contributed by atoms with Gasteiger partial charge in [-0.2, -0.15) is 0 Å². The lowest BCUT2D eigenvalue weighted by Crippen LogP contribution is -2.34. The van der Waals surface area contributed by atoms with Gasteiger partial charge in [-0.25, -0.2) is 0 Å². The molecule has 2 amide bonds. The highest BCUT2D eigenvalue weighted by atomic mass is 16.5. The van der Waals surface area contributed by atoms with E-state index < -0.39 is 6.10 Å². The second-order valence-electron chi connectivity index (χ2n) is 8.13. The van der Waals surface area contributed by atoms with E-state index in [1.807, 2.05) is 86.6 Å². The van der Waals surface area contributed by atoms with Gasteiger partial charge in [-0.05, 0) is 42.5 Å². The van der Waals surface area contributed by atoms with Crippen LogP contribution in [0.25, 0.3) is 10.8 Å². The Labute approximate surface area is 199 Å². The number of carbonyl (C=O) groups is 2. The molecule has 172 valence electrons. The summed E-state index contributed by atoms with van der Waals surface area (Å²) in [4.78, 5) is 26.1. The minimum atomic E-state index is -0.704. The summed E-state index contributed by atoms with van der Waals surface area (Å²) < 4.78 is 6.12. The Balaban J connectivity index is 1.49. The molecule has 0 unspecified atom stereocenters. The molecule has 34 heavy (non-hydrogen) atoms. The molecule has 2 N–H and O–H groups in total. The second-order valence-corrected chi connectivity index (χ2v) is 8.13. The number of benzene rings is 4. The second kappa shape index (κ2) is 10.7. The van der Waals surface area contributed by atoms with Crippen LogP contribution in [-0.2, 0) is 4.79 Å². The molecule has 5 heteroatoms. The maximum atomic E-state index is 13.1. The number of rotatable bonds is 8. The van der Waals surface area contributed by atoms with Crippen LogP contribution in [-0.4, -0.2) is 17.9 Å². The van der Waals surface area contributed by atoms with Gasteiger partial charge in [-0.3, -0.25) is 9.59 Å². The highest BCUT2D eigenvalue weighted by molar-refractivity contribution is 6.05. The third-order valence-corrected chi connectivity index (χ3v) is 5.76. The average Bonchev–Trinajstić information content (AvgIpc) is 2.88. The van der Waals surface area contributed by atoms with Gasteiger partial charge in [0.15, 0.2) is 6.10 Å². The van der Waals surface area contributed by atoms with Gasteiger partial charge in [-0.1, -0.05) is 85.8 Å². The normalized spacial score (nSPS) is 12.5. The molecule has 4 rings (SSSR count). The fourth-order valence-corrected chi connectivity index (χ4v) is 3.88. The van der Waals surface area contributed by atoms with Gasteiger partial charge < -0.3 is 15.4 Å². The van der Waals surface area contributed by atoms with Crippen molar-refractivity contribution in [3.05, 3.63) is 108 Å². The van der Waals surface area contributed by atoms with Gasteiger partial charge in [0.2, 0.25) is 0 Å². The first-order chi connectivity index (χ1) is 16.6. The van der Waals surface area contributed by atoms with Gasteiger partial charge >= 0.3 is 0 Å². The molecule has 0 saturated carbocycles. The van der Waals surface area contributed by atoms with E-state index in [1.54, 1.807) is 24.3 Å². The number of anilines is 1. The molecule has 0 fully saturated rings. The zero-order chi connectivity index (χ0) is 23.9. The van der Waals surface area contributed by atoms with Crippen molar-refractivity contribution < 1.29 is 14.3 Å². The van der Waals surface area contributed by atoms with Crippen molar-refractivity contribution >= 4 is 28.3 Å². The zero-order valence-corrected chi connectivity index (χ0v) is 19.3. The topological polar surface area (TPSA) is 67.4 Å². The van der Waals surface area contributed by atoms with Crippen LogP contribution in [0.1, 0.15) is 42.2 Å². The molecule has 2 atom stereocenters. The van der Waals surface area contributed by atoms with E-state index in [0.29, 0.717) is 23.4 Å². The molecule has 0 bridgehead atoms. The largest absolute Gasteiger partial charge is 0.480 e. The number of nitrogens with one attached hydrogen (secondary N) is 2. The van der Waals surface area contributed by atoms with Crippen molar-refractivity contribution in [1.82, 2.24) is 5.32 Å². The van der Waals surface area contributed by atoms with Crippen LogP contribution < -0.4 is 15.4 Å². The Morgan fingerprint density at radius 3 is 2.29 bits per heavy atom. The van der Waals surface area contributed by atoms with E-state index in [0.717, 1.165) is 16.3 Å². The Morgan fingerprint density at radius 2 is 1.50 bits per heavy atom. The lowest BCUT2D eigenvalue weighted by Gasteiger charge is -2.20. The Bertz CT molecular complexity index is 1280. The Kier molecular flexibility index (Phi) is 7.23. The summed E-state index contributed by atoms with van der Waals surface area (Å²) in [6.07, 6.45) is -0.223. The van der Waals surface area contributed by atoms with E-state index in [1.165, 1.54) is 0 Å². The lowest BCUT2D eigenvalue weighted by molar-refractivity contribution is -0.122. The fourth-order valence-electron chi connectivity index (χ4n) is 3.88. The molecule has 4 aromatic carbocycles. The molecule has 0 aliphatic rings. The molecular weight excluding hydrogens is 424 g/mol. The predicted molar refractivity (Wildman–Crippen MR) is 136 cm³/mol. The summed E-state index contributed by atoms with van der Waals surface area (Å²) in [6, 6.07) is 30.3. The third kappa shape index (κ3) is 5.26. The van der Waals surface area contributed by atoms with Gasteiger partial charge in [0.25, 0.3) is 11.8 Å². The maximum absolute atomic E-state index is 13.1. The summed E-state index contributed by atoms with van der Waals surface area (Å²) >= 11 is 0. The third-order valence-electron chi connectivity index (χ3n) is 5.76. The number of para-hydroxylation sites is 1. The number of hydrogen-bond acceptors (Lipinski definition) is 3. The van der Waals surface area contributed by atoms with Crippen LogP contribution in [0, 0.1) is 0 Å². The smallest absolute Gasteiger partial charge is 0.265 e. The summed E-state index contributed by atoms with van der Waals surface area (Å²) in [5.74, 6) is 0.102. The summed E-state index contributed by atoms with van der Waals surface area (Å²) in [5, 5.41) is 7.90.